The number of carbonyl (C=O) groups excluding carboxylic acids is 1. The van der Waals surface area contributed by atoms with Gasteiger partial charge in [-0.1, -0.05) is 26.8 Å². The van der Waals surface area contributed by atoms with Crippen LogP contribution in [0.3, 0.4) is 0 Å². The first-order valence-electron chi connectivity index (χ1n) is 7.55. The molecular formula is C17H23N3O2. The van der Waals surface area contributed by atoms with Gasteiger partial charge in [0.15, 0.2) is 0 Å². The van der Waals surface area contributed by atoms with Crippen molar-refractivity contribution in [2.75, 3.05) is 18.4 Å². The van der Waals surface area contributed by atoms with Crippen LogP contribution in [0.25, 0.3) is 0 Å². The molecule has 1 aromatic rings. The topological polar surface area (TPSA) is 76.4 Å². The summed E-state index contributed by atoms with van der Waals surface area (Å²) in [5.74, 6) is 0.193. The van der Waals surface area contributed by atoms with E-state index in [-0.39, 0.29) is 17.4 Å². The van der Waals surface area contributed by atoms with Crippen molar-refractivity contribution in [1.82, 2.24) is 4.90 Å². The Morgan fingerprint density at radius 1 is 1.45 bits per heavy atom. The zero-order valence-electron chi connectivity index (χ0n) is 13.3. The Labute approximate surface area is 131 Å². The van der Waals surface area contributed by atoms with Crippen LogP contribution in [0, 0.1) is 22.7 Å². The van der Waals surface area contributed by atoms with E-state index < -0.39 is 6.10 Å². The normalized spacial score (nSPS) is 22.0. The van der Waals surface area contributed by atoms with Crippen LogP contribution in [-0.4, -0.2) is 35.2 Å². The van der Waals surface area contributed by atoms with Gasteiger partial charge in [-0.3, -0.25) is 0 Å². The highest BCUT2D eigenvalue weighted by molar-refractivity contribution is 5.89. The Morgan fingerprint density at radius 3 is 2.77 bits per heavy atom. The summed E-state index contributed by atoms with van der Waals surface area (Å²) in [5.41, 5.74) is 1.13. The smallest absolute Gasteiger partial charge is 0.321 e. The molecule has 0 radical (unpaired) electrons. The van der Waals surface area contributed by atoms with E-state index in [1.165, 1.54) is 0 Å². The molecule has 1 aromatic carbocycles. The van der Waals surface area contributed by atoms with E-state index in [4.69, 9.17) is 5.26 Å². The average Bonchev–Trinajstić information content (AvgIpc) is 2.46. The van der Waals surface area contributed by atoms with Crippen LogP contribution in [0.4, 0.5) is 10.5 Å². The molecule has 0 bridgehead atoms. The van der Waals surface area contributed by atoms with Gasteiger partial charge in [0.2, 0.25) is 0 Å². The monoisotopic (exact) mass is 301 g/mol. The number of rotatable bonds is 1. The second-order valence-electron chi connectivity index (χ2n) is 6.90. The zero-order valence-corrected chi connectivity index (χ0v) is 13.3. The number of nitriles is 1. The second kappa shape index (κ2) is 6.37. The number of benzene rings is 1. The standard InChI is InChI=1S/C17H23N3O2/c1-17(2,3)14-7-8-20(11-15(14)21)16(22)19-13-6-4-5-12(9-13)10-18/h4-6,9,14-15,21H,7-8,11H2,1-3H3,(H,19,22)/t14-,15+/m1/s1. The highest BCUT2D eigenvalue weighted by atomic mass is 16.3. The van der Waals surface area contributed by atoms with Crippen molar-refractivity contribution in [3.63, 3.8) is 0 Å². The maximum Gasteiger partial charge on any atom is 0.321 e. The average molecular weight is 301 g/mol. The van der Waals surface area contributed by atoms with Crippen LogP contribution >= 0.6 is 0 Å². The fourth-order valence-corrected chi connectivity index (χ4v) is 3.00. The number of carbonyl (C=O) groups is 1. The molecule has 0 aromatic heterocycles. The summed E-state index contributed by atoms with van der Waals surface area (Å²) in [5, 5.41) is 22.0. The number of amides is 2. The Balaban J connectivity index is 1.99. The molecule has 1 aliphatic heterocycles. The van der Waals surface area contributed by atoms with E-state index in [1.807, 2.05) is 6.07 Å². The molecule has 1 heterocycles. The minimum Gasteiger partial charge on any atom is -0.391 e. The van der Waals surface area contributed by atoms with Crippen molar-refractivity contribution in [3.05, 3.63) is 29.8 Å². The molecule has 2 rings (SSSR count). The third kappa shape index (κ3) is 3.77. The van der Waals surface area contributed by atoms with Crippen LogP contribution in [-0.2, 0) is 0 Å². The van der Waals surface area contributed by atoms with Crippen LogP contribution in [0.1, 0.15) is 32.8 Å². The molecule has 0 saturated carbocycles. The predicted molar refractivity (Wildman–Crippen MR) is 85.3 cm³/mol. The highest BCUT2D eigenvalue weighted by Gasteiger charge is 2.36. The molecule has 0 spiro atoms. The Bertz CT molecular complexity index is 586. The molecule has 2 amide bonds. The van der Waals surface area contributed by atoms with E-state index in [9.17, 15) is 9.90 Å². The lowest BCUT2D eigenvalue weighted by molar-refractivity contribution is -0.0107. The molecule has 118 valence electrons. The van der Waals surface area contributed by atoms with Crippen molar-refractivity contribution in [3.8, 4) is 6.07 Å². The number of piperidine rings is 1. The minimum atomic E-state index is -0.509. The van der Waals surface area contributed by atoms with Gasteiger partial charge in [0.25, 0.3) is 0 Å². The molecule has 2 N–H and O–H groups in total. The van der Waals surface area contributed by atoms with Crippen molar-refractivity contribution in [1.29, 1.82) is 5.26 Å². The van der Waals surface area contributed by atoms with Gasteiger partial charge in [-0.2, -0.15) is 5.26 Å². The highest BCUT2D eigenvalue weighted by Crippen LogP contribution is 2.34. The van der Waals surface area contributed by atoms with Gasteiger partial charge < -0.3 is 15.3 Å². The van der Waals surface area contributed by atoms with Gasteiger partial charge in [-0.05, 0) is 36.0 Å². The predicted octanol–water partition coefficient (Wildman–Crippen LogP) is 2.82. The number of hydrogen-bond acceptors (Lipinski definition) is 3. The third-order valence-electron chi connectivity index (χ3n) is 4.22. The van der Waals surface area contributed by atoms with Crippen LogP contribution in [0.15, 0.2) is 24.3 Å². The third-order valence-corrected chi connectivity index (χ3v) is 4.22. The molecule has 2 atom stereocenters. The molecule has 22 heavy (non-hydrogen) atoms. The fraction of sp³-hybridized carbons (Fsp3) is 0.529. The van der Waals surface area contributed by atoms with Crippen LogP contribution in [0.5, 0.6) is 0 Å². The van der Waals surface area contributed by atoms with E-state index in [2.05, 4.69) is 26.1 Å². The Hall–Kier alpha value is -2.06. The van der Waals surface area contributed by atoms with Gasteiger partial charge in [0, 0.05) is 18.8 Å². The summed E-state index contributed by atoms with van der Waals surface area (Å²) in [6, 6.07) is 8.61. The first kappa shape index (κ1) is 16.3. The number of likely N-dealkylation sites (tertiary alicyclic amines) is 1. The van der Waals surface area contributed by atoms with Crippen LogP contribution in [0.2, 0.25) is 0 Å². The summed E-state index contributed by atoms with van der Waals surface area (Å²) in [6.07, 6.45) is 0.279. The van der Waals surface area contributed by atoms with Gasteiger partial charge in [0.05, 0.1) is 17.7 Å². The lowest BCUT2D eigenvalue weighted by Gasteiger charge is -2.42. The first-order chi connectivity index (χ1) is 10.3. The summed E-state index contributed by atoms with van der Waals surface area (Å²) in [6.45, 7) is 7.31. The SMILES string of the molecule is CC(C)(C)[C@@H]1CCN(C(=O)Nc2cccc(C#N)c2)C[C@@H]1O. The second-order valence-corrected chi connectivity index (χ2v) is 6.90. The molecule has 1 aliphatic rings. The van der Waals surface area contributed by atoms with Crippen molar-refractivity contribution < 1.29 is 9.90 Å². The van der Waals surface area contributed by atoms with E-state index >= 15 is 0 Å². The van der Waals surface area contributed by atoms with E-state index in [0.717, 1.165) is 6.42 Å². The summed E-state index contributed by atoms with van der Waals surface area (Å²) in [7, 11) is 0. The van der Waals surface area contributed by atoms with E-state index in [0.29, 0.717) is 24.3 Å². The quantitative estimate of drug-likeness (QED) is 0.837. The number of hydrogen-bond donors (Lipinski definition) is 2. The van der Waals surface area contributed by atoms with Gasteiger partial charge in [-0.25, -0.2) is 4.79 Å². The number of β-amino-alcohol motifs (C(OH)–C–C–N with tert-alkyl or cyclic N) is 1. The molecule has 1 saturated heterocycles. The summed E-state index contributed by atoms with van der Waals surface area (Å²) < 4.78 is 0. The molecule has 0 unspecified atom stereocenters. The fourth-order valence-electron chi connectivity index (χ4n) is 3.00. The van der Waals surface area contributed by atoms with E-state index in [1.54, 1.807) is 29.2 Å². The first-order valence-corrected chi connectivity index (χ1v) is 7.55. The van der Waals surface area contributed by atoms with Gasteiger partial charge in [0.1, 0.15) is 0 Å². The van der Waals surface area contributed by atoms with Gasteiger partial charge in [-0.15, -0.1) is 0 Å². The van der Waals surface area contributed by atoms with Crippen molar-refractivity contribution in [2.24, 2.45) is 11.3 Å². The lowest BCUT2D eigenvalue weighted by atomic mass is 9.74. The Kier molecular flexibility index (Phi) is 4.72. The Morgan fingerprint density at radius 2 is 2.18 bits per heavy atom. The molecule has 0 aliphatic carbocycles. The summed E-state index contributed by atoms with van der Waals surface area (Å²) >= 11 is 0. The largest absolute Gasteiger partial charge is 0.391 e. The molecule has 1 fully saturated rings. The maximum atomic E-state index is 12.3. The molecule has 5 nitrogen and oxygen atoms in total. The molecular weight excluding hydrogens is 278 g/mol. The lowest BCUT2D eigenvalue weighted by Crippen LogP contribution is -2.51. The number of anilines is 1. The minimum absolute atomic E-state index is 0.0309. The van der Waals surface area contributed by atoms with Gasteiger partial charge >= 0.3 is 6.03 Å². The molecule has 5 heteroatoms. The van der Waals surface area contributed by atoms with Crippen LogP contribution < -0.4 is 5.32 Å². The number of nitrogens with zero attached hydrogens (tertiary/aromatic N) is 2. The number of urea groups is 1. The zero-order chi connectivity index (χ0) is 16.3. The van der Waals surface area contributed by atoms with Crippen molar-refractivity contribution >= 4 is 11.7 Å². The number of nitrogens with one attached hydrogen (secondary N) is 1. The maximum absolute atomic E-state index is 12.3. The van der Waals surface area contributed by atoms with Crippen molar-refractivity contribution in [2.45, 2.75) is 33.3 Å². The number of aliphatic hydroxyl groups is 1. The number of aliphatic hydroxyl groups excluding tert-OH is 1. The summed E-state index contributed by atoms with van der Waals surface area (Å²) in [4.78, 5) is 13.9.